The first-order chi connectivity index (χ1) is 10.9. The largest absolute Gasteiger partial charge is 0.459 e. The van der Waals surface area contributed by atoms with E-state index in [0.29, 0.717) is 0 Å². The van der Waals surface area contributed by atoms with Gasteiger partial charge in [-0.25, -0.2) is 0 Å². The van der Waals surface area contributed by atoms with Gasteiger partial charge in [-0.1, -0.05) is 0 Å². The third-order valence-electron chi connectivity index (χ3n) is 3.96. The topological polar surface area (TPSA) is 46.5 Å². The molecule has 5 heteroatoms. The summed E-state index contributed by atoms with van der Waals surface area (Å²) in [6.45, 7) is 10.0. The summed E-state index contributed by atoms with van der Waals surface area (Å²) in [7, 11) is 0. The predicted molar refractivity (Wildman–Crippen MR) is 92.9 cm³/mol. The van der Waals surface area contributed by atoms with Crippen LogP contribution in [0.1, 0.15) is 20.8 Å². The minimum absolute atomic E-state index is 0.207. The highest BCUT2D eigenvalue weighted by Crippen LogP contribution is 2.24. The lowest BCUT2D eigenvalue weighted by Crippen LogP contribution is -2.43. The number of aromatic nitrogens is 1. The van der Waals surface area contributed by atoms with Crippen molar-refractivity contribution in [3.8, 4) is 0 Å². The molecular formula is C18H25N3O2. The summed E-state index contributed by atoms with van der Waals surface area (Å²) >= 11 is 0. The van der Waals surface area contributed by atoms with Crippen LogP contribution in [0.5, 0.6) is 0 Å². The fraction of sp³-hybridized carbons (Fsp3) is 0.500. The van der Waals surface area contributed by atoms with Crippen LogP contribution in [0.15, 0.2) is 30.5 Å². The first-order valence-corrected chi connectivity index (χ1v) is 8.19. The molecule has 0 bridgehead atoms. The lowest BCUT2D eigenvalue weighted by Gasteiger charge is -2.29. The molecule has 3 rings (SSSR count). The fourth-order valence-corrected chi connectivity index (χ4v) is 2.96. The number of hydrogen-bond donors (Lipinski definition) is 1. The van der Waals surface area contributed by atoms with Gasteiger partial charge in [-0.05, 0) is 45.0 Å². The van der Waals surface area contributed by atoms with E-state index >= 15 is 0 Å². The molecule has 1 aliphatic heterocycles. The fourth-order valence-electron chi connectivity index (χ4n) is 2.96. The Bertz CT molecular complexity index is 694. The molecule has 2 aromatic rings. The molecule has 0 spiro atoms. The van der Waals surface area contributed by atoms with E-state index in [1.807, 2.05) is 31.5 Å². The summed E-state index contributed by atoms with van der Waals surface area (Å²) < 4.78 is 7.35. The summed E-state index contributed by atoms with van der Waals surface area (Å²) in [5.74, 6) is -0.207. The first-order valence-electron chi connectivity index (χ1n) is 8.19. The Morgan fingerprint density at radius 3 is 2.65 bits per heavy atom. The van der Waals surface area contributed by atoms with Crippen molar-refractivity contribution in [2.75, 3.05) is 31.1 Å². The molecule has 2 heterocycles. The number of carbonyl (C=O) groups excluding carboxylic acids is 1. The van der Waals surface area contributed by atoms with Crippen molar-refractivity contribution >= 4 is 22.6 Å². The third kappa shape index (κ3) is 3.85. The highest BCUT2D eigenvalue weighted by Gasteiger charge is 2.17. The molecule has 0 saturated carbocycles. The second kappa shape index (κ2) is 6.24. The average Bonchev–Trinajstić information content (AvgIpc) is 2.88. The molecule has 1 aromatic carbocycles. The maximum atomic E-state index is 12.0. The van der Waals surface area contributed by atoms with E-state index in [9.17, 15) is 4.79 Å². The molecule has 0 atom stereocenters. The number of hydrogen-bond acceptors (Lipinski definition) is 4. The van der Waals surface area contributed by atoms with Crippen LogP contribution in [0, 0.1) is 0 Å². The monoisotopic (exact) mass is 315 g/mol. The van der Waals surface area contributed by atoms with Crippen molar-refractivity contribution in [3.63, 3.8) is 0 Å². The number of carbonyl (C=O) groups is 1. The minimum Gasteiger partial charge on any atom is -0.459 e. The average molecular weight is 315 g/mol. The highest BCUT2D eigenvalue weighted by atomic mass is 16.6. The van der Waals surface area contributed by atoms with Crippen LogP contribution in [0.2, 0.25) is 0 Å². The van der Waals surface area contributed by atoms with Crippen LogP contribution in [0.4, 0.5) is 5.69 Å². The molecule has 5 nitrogen and oxygen atoms in total. The van der Waals surface area contributed by atoms with Gasteiger partial charge < -0.3 is 19.5 Å². The van der Waals surface area contributed by atoms with Crippen molar-refractivity contribution < 1.29 is 9.53 Å². The molecule has 0 aliphatic carbocycles. The van der Waals surface area contributed by atoms with Gasteiger partial charge in [0.2, 0.25) is 0 Å². The van der Waals surface area contributed by atoms with Crippen LogP contribution in [-0.4, -0.2) is 42.3 Å². The first kappa shape index (κ1) is 15.9. The molecule has 1 fully saturated rings. The number of anilines is 1. The Morgan fingerprint density at radius 1 is 1.22 bits per heavy atom. The number of fused-ring (bicyclic) bond motifs is 1. The summed E-state index contributed by atoms with van der Waals surface area (Å²) in [5, 5.41) is 4.53. The van der Waals surface area contributed by atoms with Gasteiger partial charge in [0.05, 0.1) is 0 Å². The van der Waals surface area contributed by atoms with Gasteiger partial charge in [0, 0.05) is 49.0 Å². The highest BCUT2D eigenvalue weighted by molar-refractivity contribution is 5.85. The molecule has 23 heavy (non-hydrogen) atoms. The molecule has 124 valence electrons. The summed E-state index contributed by atoms with van der Waals surface area (Å²) in [5.41, 5.74) is 1.86. The maximum Gasteiger partial charge on any atom is 0.326 e. The van der Waals surface area contributed by atoms with Gasteiger partial charge in [0.25, 0.3) is 0 Å². The molecule has 1 aromatic heterocycles. The van der Waals surface area contributed by atoms with E-state index in [2.05, 4.69) is 34.5 Å². The summed E-state index contributed by atoms with van der Waals surface area (Å²) in [4.78, 5) is 14.4. The zero-order chi connectivity index (χ0) is 16.4. The number of esters is 1. The number of nitrogens with one attached hydrogen (secondary N) is 1. The number of rotatable bonds is 3. The maximum absolute atomic E-state index is 12.0. The Morgan fingerprint density at radius 2 is 1.96 bits per heavy atom. The predicted octanol–water partition coefficient (Wildman–Crippen LogP) is 2.39. The van der Waals surface area contributed by atoms with E-state index in [4.69, 9.17) is 4.74 Å². The normalized spacial score (nSPS) is 15.9. The minimum atomic E-state index is -0.449. The van der Waals surface area contributed by atoms with E-state index in [0.717, 1.165) is 37.1 Å². The second-order valence-electron chi connectivity index (χ2n) is 7.01. The number of piperazine rings is 1. The molecule has 1 N–H and O–H groups in total. The van der Waals surface area contributed by atoms with E-state index in [1.54, 1.807) is 0 Å². The van der Waals surface area contributed by atoms with Gasteiger partial charge in [0.1, 0.15) is 12.1 Å². The van der Waals surface area contributed by atoms with Crippen molar-refractivity contribution in [1.82, 2.24) is 9.88 Å². The van der Waals surface area contributed by atoms with Crippen molar-refractivity contribution in [1.29, 1.82) is 0 Å². The van der Waals surface area contributed by atoms with Gasteiger partial charge in [-0.15, -0.1) is 0 Å². The van der Waals surface area contributed by atoms with E-state index in [1.165, 1.54) is 5.69 Å². The van der Waals surface area contributed by atoms with Crippen molar-refractivity contribution in [2.45, 2.75) is 32.9 Å². The summed E-state index contributed by atoms with van der Waals surface area (Å²) in [6, 6.07) is 8.49. The SMILES string of the molecule is CC(C)(C)OC(=O)Cn1ccc2cc(N3CCNCC3)ccc21. The molecule has 0 radical (unpaired) electrons. The molecule has 0 amide bonds. The van der Waals surface area contributed by atoms with Crippen LogP contribution in [0.3, 0.4) is 0 Å². The standard InChI is InChI=1S/C18H25N3O2/c1-18(2,3)23-17(22)13-21-9-6-14-12-15(4-5-16(14)21)20-10-7-19-8-11-20/h4-6,9,12,19H,7-8,10-11,13H2,1-3H3. The van der Waals surface area contributed by atoms with Gasteiger partial charge in [-0.2, -0.15) is 0 Å². The Hall–Kier alpha value is -2.01. The third-order valence-corrected chi connectivity index (χ3v) is 3.96. The van der Waals surface area contributed by atoms with Crippen LogP contribution in [0.25, 0.3) is 10.9 Å². The van der Waals surface area contributed by atoms with Crippen LogP contribution >= 0.6 is 0 Å². The van der Waals surface area contributed by atoms with Crippen LogP contribution < -0.4 is 10.2 Å². The molecule has 1 aliphatic rings. The molecule has 0 unspecified atom stereocenters. The lowest BCUT2D eigenvalue weighted by atomic mass is 10.2. The van der Waals surface area contributed by atoms with Gasteiger partial charge in [-0.3, -0.25) is 4.79 Å². The molecule has 1 saturated heterocycles. The Kier molecular flexibility index (Phi) is 4.31. The van der Waals surface area contributed by atoms with Crippen LogP contribution in [-0.2, 0) is 16.1 Å². The number of benzene rings is 1. The zero-order valence-electron chi connectivity index (χ0n) is 14.1. The number of ether oxygens (including phenoxy) is 1. The molecular weight excluding hydrogens is 290 g/mol. The lowest BCUT2D eigenvalue weighted by molar-refractivity contribution is -0.155. The summed E-state index contributed by atoms with van der Waals surface area (Å²) in [6.07, 6.45) is 1.95. The quantitative estimate of drug-likeness (QED) is 0.884. The second-order valence-corrected chi connectivity index (χ2v) is 7.01. The Labute approximate surface area is 137 Å². The number of nitrogens with zero attached hydrogens (tertiary/aromatic N) is 2. The van der Waals surface area contributed by atoms with Gasteiger partial charge >= 0.3 is 5.97 Å². The smallest absolute Gasteiger partial charge is 0.326 e. The van der Waals surface area contributed by atoms with E-state index < -0.39 is 5.60 Å². The van der Waals surface area contributed by atoms with Crippen molar-refractivity contribution in [2.24, 2.45) is 0 Å². The zero-order valence-corrected chi connectivity index (χ0v) is 14.1. The Balaban J connectivity index is 1.77. The van der Waals surface area contributed by atoms with Crippen molar-refractivity contribution in [3.05, 3.63) is 30.5 Å². The van der Waals surface area contributed by atoms with Gasteiger partial charge in [0.15, 0.2) is 0 Å². The van der Waals surface area contributed by atoms with E-state index in [-0.39, 0.29) is 12.5 Å².